The van der Waals surface area contributed by atoms with Crippen LogP contribution in [0.15, 0.2) is 54.6 Å². The molecule has 2 rings (SSSR count). The Bertz CT molecular complexity index is 908. The summed E-state index contributed by atoms with van der Waals surface area (Å²) < 4.78 is 42.1. The molecule has 2 aromatic rings. The van der Waals surface area contributed by atoms with Crippen LogP contribution >= 0.6 is 0 Å². The molecule has 1 N–H and O–H groups in total. The number of hydrogen-bond donors (Lipinski definition) is 1. The van der Waals surface area contributed by atoms with Crippen molar-refractivity contribution in [3.63, 3.8) is 0 Å². The number of hydrogen-bond acceptors (Lipinski definition) is 5. The first-order valence-electron chi connectivity index (χ1n) is 7.71. The minimum Gasteiger partial charge on any atom is -0.452 e. The average Bonchev–Trinajstić information content (AvgIpc) is 2.64. The lowest BCUT2D eigenvalue weighted by Crippen LogP contribution is -2.20. The summed E-state index contributed by atoms with van der Waals surface area (Å²) in [6.45, 7) is -0.640. The van der Waals surface area contributed by atoms with Crippen LogP contribution < -0.4 is 5.32 Å². The molecule has 0 aliphatic heterocycles. The molecule has 2 aromatic carbocycles. The number of carbonyl (C=O) groups is 2. The number of nitro groups is 1. The Morgan fingerprint density at radius 1 is 1.14 bits per heavy atom. The molecule has 0 aliphatic carbocycles. The molecule has 0 atom stereocenters. The highest BCUT2D eigenvalue weighted by Crippen LogP contribution is 2.29. The van der Waals surface area contributed by atoms with E-state index in [0.29, 0.717) is 5.56 Å². The third kappa shape index (κ3) is 6.24. The zero-order valence-electron chi connectivity index (χ0n) is 14.1. The fraction of sp³-hybridized carbons (Fsp3) is 0.111. The van der Waals surface area contributed by atoms with E-state index in [0.717, 1.165) is 24.3 Å². The Hall–Kier alpha value is -3.69. The summed E-state index contributed by atoms with van der Waals surface area (Å²) in [5, 5.41) is 13.0. The summed E-state index contributed by atoms with van der Waals surface area (Å²) in [7, 11) is 0. The molecule has 0 aliphatic rings. The van der Waals surface area contributed by atoms with Gasteiger partial charge in [0.05, 0.1) is 10.5 Å². The summed E-state index contributed by atoms with van der Waals surface area (Å²) in [5.74, 6) is -1.59. The van der Waals surface area contributed by atoms with E-state index >= 15 is 0 Å². The Morgan fingerprint density at radius 3 is 2.43 bits per heavy atom. The lowest BCUT2D eigenvalue weighted by Gasteiger charge is -2.06. The minimum atomic E-state index is -4.45. The van der Waals surface area contributed by atoms with Crippen molar-refractivity contribution in [2.75, 3.05) is 11.9 Å². The molecule has 0 radical (unpaired) electrons. The summed E-state index contributed by atoms with van der Waals surface area (Å²) in [6.07, 6.45) is -2.25. The fourth-order valence-corrected chi connectivity index (χ4v) is 2.03. The van der Waals surface area contributed by atoms with Crippen LogP contribution in [0.5, 0.6) is 0 Å². The Morgan fingerprint density at radius 2 is 1.82 bits per heavy atom. The molecule has 10 heteroatoms. The molecule has 0 heterocycles. The molecule has 0 fully saturated rings. The number of rotatable bonds is 6. The maximum atomic E-state index is 12.5. The van der Waals surface area contributed by atoms with Crippen LogP contribution in [0, 0.1) is 10.1 Å². The maximum Gasteiger partial charge on any atom is 0.416 e. The molecule has 0 saturated carbocycles. The van der Waals surface area contributed by atoms with E-state index in [-0.39, 0.29) is 11.4 Å². The number of non-ortho nitro benzene ring substituents is 1. The van der Waals surface area contributed by atoms with Gasteiger partial charge in [0, 0.05) is 23.9 Å². The van der Waals surface area contributed by atoms with E-state index in [1.165, 1.54) is 36.4 Å². The lowest BCUT2D eigenvalue weighted by molar-refractivity contribution is -0.384. The largest absolute Gasteiger partial charge is 0.452 e. The van der Waals surface area contributed by atoms with Crippen LogP contribution in [0.4, 0.5) is 24.5 Å². The number of anilines is 1. The van der Waals surface area contributed by atoms with Crippen LogP contribution in [-0.4, -0.2) is 23.4 Å². The SMILES string of the molecule is O=C(COC(=O)/C=C/c1ccc(C(F)(F)F)cc1)Nc1cccc([N+](=O)[O-])c1. The van der Waals surface area contributed by atoms with Crippen molar-refractivity contribution < 1.29 is 32.4 Å². The van der Waals surface area contributed by atoms with Gasteiger partial charge in [-0.05, 0) is 29.8 Å². The van der Waals surface area contributed by atoms with Gasteiger partial charge >= 0.3 is 12.1 Å². The lowest BCUT2D eigenvalue weighted by atomic mass is 10.1. The number of nitrogens with zero attached hydrogens (tertiary/aromatic N) is 1. The van der Waals surface area contributed by atoms with Gasteiger partial charge in [-0.1, -0.05) is 18.2 Å². The molecule has 28 heavy (non-hydrogen) atoms. The molecule has 1 amide bonds. The van der Waals surface area contributed by atoms with Crippen molar-refractivity contribution in [1.82, 2.24) is 0 Å². The Labute approximate surface area is 156 Å². The van der Waals surface area contributed by atoms with Gasteiger partial charge in [0.1, 0.15) is 0 Å². The molecule has 7 nitrogen and oxygen atoms in total. The number of carbonyl (C=O) groups excluding carboxylic acids is 2. The molecule has 0 saturated heterocycles. The van der Waals surface area contributed by atoms with E-state index in [2.05, 4.69) is 5.32 Å². The number of ether oxygens (including phenoxy) is 1. The van der Waals surface area contributed by atoms with Crippen molar-refractivity contribution in [2.24, 2.45) is 0 Å². The molecular formula is C18H13F3N2O5. The number of nitro benzene ring substituents is 1. The van der Waals surface area contributed by atoms with Gasteiger partial charge in [-0.3, -0.25) is 14.9 Å². The number of esters is 1. The van der Waals surface area contributed by atoms with Gasteiger partial charge in [0.15, 0.2) is 6.61 Å². The third-order valence-corrected chi connectivity index (χ3v) is 3.34. The van der Waals surface area contributed by atoms with E-state index < -0.39 is 35.1 Å². The number of alkyl halides is 3. The van der Waals surface area contributed by atoms with Gasteiger partial charge in [-0.25, -0.2) is 4.79 Å². The molecule has 0 spiro atoms. The Balaban J connectivity index is 1.84. The number of nitrogens with one attached hydrogen (secondary N) is 1. The zero-order valence-corrected chi connectivity index (χ0v) is 14.1. The molecule has 0 aromatic heterocycles. The van der Waals surface area contributed by atoms with E-state index in [4.69, 9.17) is 4.74 Å². The van der Waals surface area contributed by atoms with E-state index in [1.807, 2.05) is 0 Å². The molecular weight excluding hydrogens is 381 g/mol. The van der Waals surface area contributed by atoms with Crippen molar-refractivity contribution in [1.29, 1.82) is 0 Å². The normalized spacial score (nSPS) is 11.2. The van der Waals surface area contributed by atoms with Gasteiger partial charge in [0.25, 0.3) is 11.6 Å². The molecule has 146 valence electrons. The highest BCUT2D eigenvalue weighted by Gasteiger charge is 2.29. The monoisotopic (exact) mass is 394 g/mol. The van der Waals surface area contributed by atoms with Crippen molar-refractivity contribution >= 4 is 29.3 Å². The summed E-state index contributed by atoms with van der Waals surface area (Å²) >= 11 is 0. The van der Waals surface area contributed by atoms with Crippen molar-refractivity contribution in [3.05, 3.63) is 75.8 Å². The second-order valence-corrected chi connectivity index (χ2v) is 5.42. The summed E-state index contributed by atoms with van der Waals surface area (Å²) in [6, 6.07) is 9.31. The van der Waals surface area contributed by atoms with Crippen LogP contribution in [-0.2, 0) is 20.5 Å². The van der Waals surface area contributed by atoms with Gasteiger partial charge in [-0.15, -0.1) is 0 Å². The number of halogens is 3. The summed E-state index contributed by atoms with van der Waals surface area (Å²) in [5.41, 5.74) is -0.527. The van der Waals surface area contributed by atoms with Crippen LogP contribution in [0.1, 0.15) is 11.1 Å². The smallest absolute Gasteiger partial charge is 0.416 e. The van der Waals surface area contributed by atoms with Gasteiger partial charge in [0.2, 0.25) is 0 Å². The second-order valence-electron chi connectivity index (χ2n) is 5.42. The standard InChI is InChI=1S/C18H13F3N2O5/c19-18(20,21)13-7-4-12(5-8-13)6-9-17(25)28-11-16(24)22-14-2-1-3-15(10-14)23(26)27/h1-10H,11H2,(H,22,24)/b9-6+. The quantitative estimate of drug-likeness (QED) is 0.348. The summed E-state index contributed by atoms with van der Waals surface area (Å²) in [4.78, 5) is 33.3. The topological polar surface area (TPSA) is 98.5 Å². The van der Waals surface area contributed by atoms with Crippen molar-refractivity contribution in [2.45, 2.75) is 6.18 Å². The Kier molecular flexibility index (Phi) is 6.48. The van der Waals surface area contributed by atoms with Crippen molar-refractivity contribution in [3.8, 4) is 0 Å². The van der Waals surface area contributed by atoms with Gasteiger partial charge in [-0.2, -0.15) is 13.2 Å². The zero-order chi connectivity index (χ0) is 20.7. The highest BCUT2D eigenvalue weighted by molar-refractivity contribution is 5.94. The minimum absolute atomic E-state index is 0.163. The third-order valence-electron chi connectivity index (χ3n) is 3.34. The van der Waals surface area contributed by atoms with Crippen LogP contribution in [0.3, 0.4) is 0 Å². The van der Waals surface area contributed by atoms with Gasteiger partial charge < -0.3 is 10.1 Å². The number of amides is 1. The maximum absolute atomic E-state index is 12.5. The van der Waals surface area contributed by atoms with E-state index in [9.17, 15) is 32.9 Å². The van der Waals surface area contributed by atoms with E-state index in [1.54, 1.807) is 0 Å². The first kappa shape index (κ1) is 20.6. The van der Waals surface area contributed by atoms with Crippen LogP contribution in [0.25, 0.3) is 6.08 Å². The predicted octanol–water partition coefficient (Wildman–Crippen LogP) is 3.81. The first-order chi connectivity index (χ1) is 13.1. The molecule has 0 unspecified atom stereocenters. The fourth-order valence-electron chi connectivity index (χ4n) is 2.03. The second kappa shape index (κ2) is 8.80. The van der Waals surface area contributed by atoms with Crippen LogP contribution in [0.2, 0.25) is 0 Å². The number of benzene rings is 2. The molecule has 0 bridgehead atoms. The predicted molar refractivity (Wildman–Crippen MR) is 93.2 cm³/mol. The highest BCUT2D eigenvalue weighted by atomic mass is 19.4. The average molecular weight is 394 g/mol. The first-order valence-corrected chi connectivity index (χ1v) is 7.71.